The predicted octanol–water partition coefficient (Wildman–Crippen LogP) is 13.6. The van der Waals surface area contributed by atoms with Crippen LogP contribution in [0.4, 0.5) is 0 Å². The molecule has 7 atom stereocenters. The summed E-state index contributed by atoms with van der Waals surface area (Å²) in [6, 6.07) is 8.14. The molecule has 3 rings (SSSR count). The van der Waals surface area contributed by atoms with Crippen molar-refractivity contribution in [3.05, 3.63) is 35.9 Å². The van der Waals surface area contributed by atoms with E-state index in [1.807, 2.05) is 30.3 Å². The molecule has 11 heteroatoms. The molecule has 0 saturated carbocycles. The summed E-state index contributed by atoms with van der Waals surface area (Å²) in [4.78, 5) is 41.5. The lowest BCUT2D eigenvalue weighted by Crippen LogP contribution is -2.72. The Labute approximate surface area is 420 Å². The number of benzene rings is 1. The van der Waals surface area contributed by atoms with E-state index in [0.717, 1.165) is 63.4 Å². The van der Waals surface area contributed by atoms with Crippen LogP contribution in [0.1, 0.15) is 258 Å². The average molecular weight is 971 g/mol. The van der Waals surface area contributed by atoms with Crippen LogP contribution in [0.3, 0.4) is 0 Å². The molecule has 69 heavy (non-hydrogen) atoms. The van der Waals surface area contributed by atoms with Crippen LogP contribution in [0.25, 0.3) is 0 Å². The summed E-state index contributed by atoms with van der Waals surface area (Å²) in [7, 11) is 0. The molecule has 398 valence electrons. The maximum atomic E-state index is 14.2. The quantitative estimate of drug-likeness (QED) is 0.0431. The second kappa shape index (κ2) is 38.1. The van der Waals surface area contributed by atoms with E-state index in [4.69, 9.17) is 23.7 Å². The van der Waals surface area contributed by atoms with Crippen LogP contribution in [0.2, 0.25) is 0 Å². The molecule has 2 aliphatic rings. The molecule has 0 radical (unpaired) electrons. The van der Waals surface area contributed by atoms with Crippen molar-refractivity contribution < 1.29 is 43.2 Å². The minimum Gasteiger partial charge on any atom is -0.462 e. The van der Waals surface area contributed by atoms with Gasteiger partial charge in [0.1, 0.15) is 24.4 Å². The van der Waals surface area contributed by atoms with Gasteiger partial charge >= 0.3 is 5.97 Å². The molecular formula is C58H102N2O9. The number of ether oxygens (including phenoxy) is 5. The Hall–Kier alpha value is -2.57. The summed E-state index contributed by atoms with van der Waals surface area (Å²) >= 11 is 0. The van der Waals surface area contributed by atoms with Crippen LogP contribution in [-0.4, -0.2) is 78.1 Å². The number of unbranched alkanes of at least 4 members (excludes halogenated alkanes) is 26. The molecule has 2 aliphatic heterocycles. The van der Waals surface area contributed by atoms with Crippen molar-refractivity contribution in [1.82, 2.24) is 10.6 Å². The van der Waals surface area contributed by atoms with Crippen LogP contribution in [-0.2, 0) is 44.7 Å². The molecule has 2 fully saturated rings. The van der Waals surface area contributed by atoms with Gasteiger partial charge in [0, 0.05) is 6.42 Å². The van der Waals surface area contributed by atoms with Crippen LogP contribution in [0.15, 0.2) is 30.3 Å². The van der Waals surface area contributed by atoms with E-state index in [1.165, 1.54) is 135 Å². The van der Waals surface area contributed by atoms with Gasteiger partial charge in [-0.1, -0.05) is 224 Å². The lowest BCUT2D eigenvalue weighted by molar-refractivity contribution is -0.351. The normalized spacial score (nSPS) is 20.8. The van der Waals surface area contributed by atoms with Crippen molar-refractivity contribution in [2.45, 2.75) is 308 Å². The van der Waals surface area contributed by atoms with Crippen LogP contribution < -0.4 is 10.6 Å². The van der Waals surface area contributed by atoms with Crippen molar-refractivity contribution >= 4 is 17.8 Å². The Morgan fingerprint density at radius 2 is 1.04 bits per heavy atom. The smallest absolute Gasteiger partial charge is 0.306 e. The van der Waals surface area contributed by atoms with Gasteiger partial charge in [0.2, 0.25) is 11.8 Å². The molecular weight excluding hydrogens is 869 g/mol. The summed E-state index contributed by atoms with van der Waals surface area (Å²) in [5, 5.41) is 17.7. The van der Waals surface area contributed by atoms with Gasteiger partial charge in [0.05, 0.1) is 38.2 Å². The van der Waals surface area contributed by atoms with Crippen molar-refractivity contribution in [3.8, 4) is 0 Å². The fourth-order valence-electron chi connectivity index (χ4n) is 9.90. The lowest BCUT2D eigenvalue weighted by Gasteiger charge is -2.50. The van der Waals surface area contributed by atoms with Crippen molar-refractivity contribution in [2.75, 3.05) is 6.61 Å². The van der Waals surface area contributed by atoms with Gasteiger partial charge in [0.15, 0.2) is 12.1 Å². The highest BCUT2D eigenvalue weighted by molar-refractivity contribution is 5.79. The minimum absolute atomic E-state index is 0.0530. The summed E-state index contributed by atoms with van der Waals surface area (Å²) < 4.78 is 30.8. The molecule has 1 aromatic rings. The fourth-order valence-corrected chi connectivity index (χ4v) is 9.90. The van der Waals surface area contributed by atoms with E-state index >= 15 is 0 Å². The lowest BCUT2D eigenvalue weighted by atomic mass is 9.92. The first-order valence-corrected chi connectivity index (χ1v) is 28.6. The second-order valence-corrected chi connectivity index (χ2v) is 21.0. The maximum Gasteiger partial charge on any atom is 0.306 e. The van der Waals surface area contributed by atoms with Crippen LogP contribution >= 0.6 is 0 Å². The highest BCUT2D eigenvalue weighted by Crippen LogP contribution is 2.32. The number of amides is 2. The number of hydrogen-bond donors (Lipinski definition) is 3. The van der Waals surface area contributed by atoms with E-state index in [-0.39, 0.29) is 43.3 Å². The first-order chi connectivity index (χ1) is 33.5. The fraction of sp³-hybridized carbons (Fsp3) is 0.845. The number of hydrogen-bond acceptors (Lipinski definition) is 9. The van der Waals surface area contributed by atoms with Gasteiger partial charge in [-0.05, 0) is 45.1 Å². The Balaban J connectivity index is 1.65. The Bertz CT molecular complexity index is 1450. The highest BCUT2D eigenvalue weighted by atomic mass is 16.7. The number of rotatable bonds is 42. The standard InChI is InChI=1S/C58H102N2O9/c1-6-9-12-15-18-21-22-25-28-31-37-42-53(63)67-49(41-36-30-27-24-20-17-14-11-8-3)44-52(62)60-55-54(56-50(68-57(55)64)46-66-58(4,5)69-56)59-51(61)43-48(65-45-47-38-33-32-34-39-47)40-35-29-26-23-19-16-13-10-7-2/h32-34,38-39,48-50,54-57,64H,6-31,35-37,40-46H2,1-5H3,(H,59,61)(H,60,62)/t48-,49-,50-,54-,55-,56-,57?/m1/s1. The maximum absolute atomic E-state index is 14.2. The molecule has 2 amide bonds. The number of carbonyl (C=O) groups is 3. The van der Waals surface area contributed by atoms with Gasteiger partial charge in [-0.3, -0.25) is 14.4 Å². The summed E-state index contributed by atoms with van der Waals surface area (Å²) in [5.74, 6) is -1.89. The van der Waals surface area contributed by atoms with Crippen molar-refractivity contribution in [3.63, 3.8) is 0 Å². The number of aliphatic hydroxyl groups is 1. The molecule has 2 heterocycles. The van der Waals surface area contributed by atoms with E-state index in [0.29, 0.717) is 19.4 Å². The predicted molar refractivity (Wildman–Crippen MR) is 279 cm³/mol. The number of aliphatic hydroxyl groups excluding tert-OH is 1. The molecule has 0 aromatic heterocycles. The number of esters is 1. The Morgan fingerprint density at radius 3 is 1.55 bits per heavy atom. The topological polar surface area (TPSA) is 142 Å². The Kier molecular flexibility index (Phi) is 33.5. The van der Waals surface area contributed by atoms with Gasteiger partial charge < -0.3 is 39.4 Å². The van der Waals surface area contributed by atoms with Crippen LogP contribution in [0.5, 0.6) is 0 Å². The first kappa shape index (κ1) is 60.7. The van der Waals surface area contributed by atoms with Gasteiger partial charge in [-0.25, -0.2) is 0 Å². The third-order valence-corrected chi connectivity index (χ3v) is 14.1. The molecule has 0 aliphatic carbocycles. The minimum atomic E-state index is -1.44. The molecule has 2 saturated heterocycles. The van der Waals surface area contributed by atoms with E-state index < -0.39 is 42.5 Å². The van der Waals surface area contributed by atoms with Crippen molar-refractivity contribution in [2.24, 2.45) is 0 Å². The van der Waals surface area contributed by atoms with Crippen LogP contribution in [0, 0.1) is 0 Å². The SMILES string of the molecule is CCCCCCCCCCCCCC(=O)O[C@H](CCCCCCCCCCC)CC(=O)N[C@H]1C(O)O[C@@H]2COC(C)(C)O[C@H]2[C@@H]1NC(=O)C[C@@H](CCCCCCCCCCC)OCc1ccccc1. The largest absolute Gasteiger partial charge is 0.462 e. The summed E-state index contributed by atoms with van der Waals surface area (Å²) in [6.07, 6.45) is 32.5. The zero-order valence-electron chi connectivity index (χ0n) is 44.6. The van der Waals surface area contributed by atoms with Gasteiger partial charge in [-0.2, -0.15) is 0 Å². The van der Waals surface area contributed by atoms with Crippen molar-refractivity contribution in [1.29, 1.82) is 0 Å². The van der Waals surface area contributed by atoms with E-state index in [1.54, 1.807) is 13.8 Å². The zero-order valence-corrected chi connectivity index (χ0v) is 44.6. The highest BCUT2D eigenvalue weighted by Gasteiger charge is 2.52. The average Bonchev–Trinajstić information content (AvgIpc) is 3.32. The third-order valence-electron chi connectivity index (χ3n) is 14.1. The van der Waals surface area contributed by atoms with Gasteiger partial charge in [0.25, 0.3) is 0 Å². The Morgan fingerprint density at radius 1 is 0.609 bits per heavy atom. The first-order valence-electron chi connectivity index (χ1n) is 28.6. The molecule has 11 nitrogen and oxygen atoms in total. The second-order valence-electron chi connectivity index (χ2n) is 21.0. The van der Waals surface area contributed by atoms with Gasteiger partial charge in [-0.15, -0.1) is 0 Å². The number of fused-ring (bicyclic) bond motifs is 1. The molecule has 1 aromatic carbocycles. The van der Waals surface area contributed by atoms with E-state index in [2.05, 4.69) is 31.4 Å². The molecule has 1 unspecified atom stereocenters. The number of carbonyl (C=O) groups excluding carboxylic acids is 3. The summed E-state index contributed by atoms with van der Waals surface area (Å²) in [6.45, 7) is 10.9. The number of nitrogens with one attached hydrogen (secondary N) is 2. The molecule has 0 bridgehead atoms. The third kappa shape index (κ3) is 28.3. The molecule has 3 N–H and O–H groups in total. The summed E-state index contributed by atoms with van der Waals surface area (Å²) in [5.41, 5.74) is 1.04. The monoisotopic (exact) mass is 971 g/mol. The molecule has 0 spiro atoms. The van der Waals surface area contributed by atoms with E-state index in [9.17, 15) is 19.5 Å². The zero-order chi connectivity index (χ0) is 49.8.